The number of rotatable bonds is 9. The molecule has 0 aliphatic carbocycles. The molecule has 0 saturated heterocycles. The highest BCUT2D eigenvalue weighted by atomic mass is 15.0. The molecule has 0 aliphatic heterocycles. The highest BCUT2D eigenvalue weighted by Gasteiger charge is 2.09. The fourth-order valence-corrected chi connectivity index (χ4v) is 2.48. The van der Waals surface area contributed by atoms with Crippen LogP contribution in [0.1, 0.15) is 44.7 Å². The van der Waals surface area contributed by atoms with E-state index < -0.39 is 0 Å². The van der Waals surface area contributed by atoms with Crippen molar-refractivity contribution in [1.29, 1.82) is 0 Å². The maximum Gasteiger partial charge on any atom is 0.0945 e. The summed E-state index contributed by atoms with van der Waals surface area (Å²) < 4.78 is 4.42. The zero-order valence-electron chi connectivity index (χ0n) is 12.6. The van der Waals surface area contributed by atoms with E-state index in [1.807, 2.05) is 18.7 Å². The van der Waals surface area contributed by atoms with E-state index >= 15 is 0 Å². The third-order valence-electron chi connectivity index (χ3n) is 3.62. The first kappa shape index (κ1) is 14.9. The van der Waals surface area contributed by atoms with Gasteiger partial charge in [0.25, 0.3) is 0 Å². The Hall–Kier alpha value is -1.55. The maximum absolute atomic E-state index is 4.06. The van der Waals surface area contributed by atoms with Crippen molar-refractivity contribution >= 4 is 0 Å². The third-order valence-corrected chi connectivity index (χ3v) is 3.62. The summed E-state index contributed by atoms with van der Waals surface area (Å²) in [6.45, 7) is 7.62. The smallest absolute Gasteiger partial charge is 0.0945 e. The predicted molar refractivity (Wildman–Crippen MR) is 82.6 cm³/mol. The summed E-state index contributed by atoms with van der Waals surface area (Å²) in [5.41, 5.74) is 1.41. The largest absolute Gasteiger partial charge is 0.354 e. The molecule has 0 radical (unpaired) electrons. The van der Waals surface area contributed by atoms with Crippen molar-refractivity contribution in [1.82, 2.24) is 19.4 Å². The van der Waals surface area contributed by atoms with Crippen LogP contribution >= 0.6 is 0 Å². The lowest BCUT2D eigenvalue weighted by molar-refractivity contribution is 0.515. The number of imidazole rings is 1. The second-order valence-electron chi connectivity index (χ2n) is 5.25. The van der Waals surface area contributed by atoms with Crippen molar-refractivity contribution in [2.75, 3.05) is 6.54 Å². The van der Waals surface area contributed by atoms with Crippen LogP contribution in [0.15, 0.2) is 37.2 Å². The van der Waals surface area contributed by atoms with Gasteiger partial charge in [0.1, 0.15) is 0 Å². The van der Waals surface area contributed by atoms with E-state index in [0.717, 1.165) is 32.5 Å². The number of nitrogens with one attached hydrogen (secondary N) is 1. The van der Waals surface area contributed by atoms with Gasteiger partial charge < -0.3 is 14.5 Å². The molecule has 2 aromatic heterocycles. The van der Waals surface area contributed by atoms with Crippen molar-refractivity contribution < 1.29 is 0 Å². The predicted octanol–water partition coefficient (Wildman–Crippen LogP) is 3.23. The van der Waals surface area contributed by atoms with E-state index in [0.29, 0.717) is 6.04 Å². The van der Waals surface area contributed by atoms with Crippen LogP contribution in [0.3, 0.4) is 0 Å². The van der Waals surface area contributed by atoms with Crippen LogP contribution in [-0.2, 0) is 13.1 Å². The Balaban J connectivity index is 1.81. The van der Waals surface area contributed by atoms with E-state index in [2.05, 4.69) is 51.7 Å². The quantitative estimate of drug-likeness (QED) is 0.762. The lowest BCUT2D eigenvalue weighted by atomic mass is 10.1. The molecule has 20 heavy (non-hydrogen) atoms. The fourth-order valence-electron chi connectivity index (χ4n) is 2.48. The van der Waals surface area contributed by atoms with Crippen LogP contribution in [0.4, 0.5) is 0 Å². The molecule has 0 aliphatic rings. The van der Waals surface area contributed by atoms with Gasteiger partial charge >= 0.3 is 0 Å². The van der Waals surface area contributed by atoms with Gasteiger partial charge in [-0.25, -0.2) is 4.98 Å². The molecule has 0 spiro atoms. The first-order valence-corrected chi connectivity index (χ1v) is 7.68. The molecule has 0 fully saturated rings. The van der Waals surface area contributed by atoms with E-state index in [4.69, 9.17) is 0 Å². The highest BCUT2D eigenvalue weighted by Crippen LogP contribution is 2.17. The number of hydrogen-bond acceptors (Lipinski definition) is 2. The first-order chi connectivity index (χ1) is 9.83. The Morgan fingerprint density at radius 2 is 2.05 bits per heavy atom. The monoisotopic (exact) mass is 274 g/mol. The fraction of sp³-hybridized carbons (Fsp3) is 0.562. The zero-order chi connectivity index (χ0) is 14.2. The van der Waals surface area contributed by atoms with Crippen LogP contribution in [0.2, 0.25) is 0 Å². The minimum atomic E-state index is 0.491. The van der Waals surface area contributed by atoms with Crippen LogP contribution in [0.5, 0.6) is 0 Å². The van der Waals surface area contributed by atoms with Crippen LogP contribution in [-0.4, -0.2) is 20.7 Å². The Labute approximate surface area is 121 Å². The second-order valence-corrected chi connectivity index (χ2v) is 5.25. The second kappa shape index (κ2) is 7.90. The van der Waals surface area contributed by atoms with Gasteiger partial charge in [0.15, 0.2) is 0 Å². The van der Waals surface area contributed by atoms with Crippen molar-refractivity contribution in [3.05, 3.63) is 42.7 Å². The van der Waals surface area contributed by atoms with E-state index in [1.165, 1.54) is 12.0 Å². The summed E-state index contributed by atoms with van der Waals surface area (Å²) in [6.07, 6.45) is 13.7. The third kappa shape index (κ3) is 4.23. The van der Waals surface area contributed by atoms with Gasteiger partial charge in [0.2, 0.25) is 0 Å². The van der Waals surface area contributed by atoms with Crippen molar-refractivity contribution in [2.45, 2.75) is 52.2 Å². The standard InChI is InChI=1S/C16H26N4/c1-3-7-18-16(4-2)15-6-11-19(13-15)9-5-10-20-12-8-17-14-20/h6,8,11-14,16,18H,3-5,7,9-10H2,1-2H3. The molecule has 0 amide bonds. The van der Waals surface area contributed by atoms with Crippen molar-refractivity contribution in [3.63, 3.8) is 0 Å². The summed E-state index contributed by atoms with van der Waals surface area (Å²) in [5, 5.41) is 3.60. The number of aromatic nitrogens is 3. The maximum atomic E-state index is 4.06. The van der Waals surface area contributed by atoms with Gasteiger partial charge in [0, 0.05) is 43.9 Å². The molecule has 4 nitrogen and oxygen atoms in total. The van der Waals surface area contributed by atoms with Crippen molar-refractivity contribution in [3.8, 4) is 0 Å². The summed E-state index contributed by atoms with van der Waals surface area (Å²) in [6, 6.07) is 2.73. The van der Waals surface area contributed by atoms with Gasteiger partial charge in [-0.15, -0.1) is 0 Å². The van der Waals surface area contributed by atoms with Gasteiger partial charge in [-0.05, 0) is 37.4 Å². The molecule has 4 heteroatoms. The van der Waals surface area contributed by atoms with Gasteiger partial charge in [-0.2, -0.15) is 0 Å². The van der Waals surface area contributed by atoms with Gasteiger partial charge in [-0.1, -0.05) is 13.8 Å². The van der Waals surface area contributed by atoms with E-state index in [1.54, 1.807) is 0 Å². The molecule has 0 aromatic carbocycles. The van der Waals surface area contributed by atoms with Crippen LogP contribution in [0.25, 0.3) is 0 Å². The molecular weight excluding hydrogens is 248 g/mol. The first-order valence-electron chi connectivity index (χ1n) is 7.68. The Morgan fingerprint density at radius 3 is 2.75 bits per heavy atom. The number of nitrogens with zero attached hydrogens (tertiary/aromatic N) is 3. The summed E-state index contributed by atoms with van der Waals surface area (Å²) >= 11 is 0. The molecule has 1 atom stereocenters. The van der Waals surface area contributed by atoms with E-state index in [-0.39, 0.29) is 0 Å². The molecule has 1 N–H and O–H groups in total. The minimum absolute atomic E-state index is 0.491. The van der Waals surface area contributed by atoms with Crippen molar-refractivity contribution in [2.24, 2.45) is 0 Å². The number of hydrogen-bond donors (Lipinski definition) is 1. The summed E-state index contributed by atoms with van der Waals surface area (Å²) in [5.74, 6) is 0. The molecular formula is C16H26N4. The molecule has 0 saturated carbocycles. The Kier molecular flexibility index (Phi) is 5.87. The Morgan fingerprint density at radius 1 is 1.20 bits per heavy atom. The van der Waals surface area contributed by atoms with E-state index in [9.17, 15) is 0 Å². The number of aryl methyl sites for hydroxylation is 2. The molecule has 1 unspecified atom stereocenters. The summed E-state index contributed by atoms with van der Waals surface area (Å²) in [4.78, 5) is 4.06. The topological polar surface area (TPSA) is 34.8 Å². The molecule has 2 heterocycles. The van der Waals surface area contributed by atoms with Gasteiger partial charge in [-0.3, -0.25) is 0 Å². The molecule has 0 bridgehead atoms. The Bertz CT molecular complexity index is 472. The lowest BCUT2D eigenvalue weighted by Crippen LogP contribution is -2.21. The lowest BCUT2D eigenvalue weighted by Gasteiger charge is -2.15. The highest BCUT2D eigenvalue weighted by molar-refractivity contribution is 5.15. The van der Waals surface area contributed by atoms with Gasteiger partial charge in [0.05, 0.1) is 6.33 Å². The molecule has 110 valence electrons. The van der Waals surface area contributed by atoms with Crippen LogP contribution in [0, 0.1) is 0 Å². The summed E-state index contributed by atoms with van der Waals surface area (Å²) in [7, 11) is 0. The zero-order valence-corrected chi connectivity index (χ0v) is 12.6. The normalized spacial score (nSPS) is 12.7. The SMILES string of the molecule is CCCNC(CC)c1ccn(CCCn2ccnc2)c1. The molecule has 2 rings (SSSR count). The van der Waals surface area contributed by atoms with Crippen LogP contribution < -0.4 is 5.32 Å². The molecule has 2 aromatic rings. The average molecular weight is 274 g/mol. The minimum Gasteiger partial charge on any atom is -0.354 e. The average Bonchev–Trinajstić information content (AvgIpc) is 3.12.